The van der Waals surface area contributed by atoms with E-state index in [9.17, 15) is 29.4 Å². The topological polar surface area (TPSA) is 449 Å². The van der Waals surface area contributed by atoms with Crippen LogP contribution in [0.2, 0.25) is 0 Å². The van der Waals surface area contributed by atoms with Crippen molar-refractivity contribution in [1.82, 2.24) is 62.5 Å². The fourth-order valence-corrected chi connectivity index (χ4v) is 16.0. The van der Waals surface area contributed by atoms with Gasteiger partial charge in [0.15, 0.2) is 47.7 Å². The number of nitrogens with two attached hydrogens (primary N) is 4. The number of hydrogen-bond acceptors (Lipinski definition) is 21. The molecule has 0 aromatic carbocycles. The zero-order valence-electron chi connectivity index (χ0n) is 40.9. The molecule has 8 aliphatic rings. The maximum atomic E-state index is 14.4. The number of halogens is 8. The number of rotatable bonds is 14. The van der Waals surface area contributed by atoms with Crippen LogP contribution in [0.15, 0.2) is 80.5 Å². The van der Waals surface area contributed by atoms with Crippen LogP contribution in [0.3, 0.4) is 0 Å². The first-order valence-electron chi connectivity index (χ1n) is 24.5. The van der Waals surface area contributed by atoms with Crippen molar-refractivity contribution in [2.45, 2.75) is 59.6 Å². The number of ether oxygens (including phenoxy) is 3. The van der Waals surface area contributed by atoms with Crippen molar-refractivity contribution in [3.63, 3.8) is 0 Å². The molecule has 37 heteroatoms. The Kier molecular flexibility index (Phi) is 14.6. The maximum Gasteiger partial charge on any atom is 0.267 e. The Morgan fingerprint density at radius 3 is 1.02 bits per heavy atom. The van der Waals surface area contributed by atoms with Crippen molar-refractivity contribution in [2.24, 2.45) is 78.4 Å². The predicted molar refractivity (Wildman–Crippen MR) is 315 cm³/mol. The minimum atomic E-state index is -2.20. The molecule has 4 fully saturated rings. The van der Waals surface area contributed by atoms with E-state index in [1.165, 1.54) is 0 Å². The van der Waals surface area contributed by atoms with Gasteiger partial charge in [0.05, 0.1) is 48.5 Å². The van der Waals surface area contributed by atoms with Gasteiger partial charge in [0.25, 0.3) is 23.6 Å². The molecule has 4 aromatic heterocycles. The van der Waals surface area contributed by atoms with E-state index in [0.29, 0.717) is 36.3 Å². The van der Waals surface area contributed by atoms with Gasteiger partial charge in [0.2, 0.25) is 12.5 Å². The number of nitrogens with one attached hydrogen (secondary N) is 12. The highest BCUT2D eigenvalue weighted by Gasteiger charge is 2.81. The van der Waals surface area contributed by atoms with E-state index in [2.05, 4.69) is 200 Å². The van der Waals surface area contributed by atoms with Gasteiger partial charge in [-0.2, -0.15) is 0 Å². The molecular formula is C44H46Br8N20O9. The Balaban J connectivity index is 1.03. The monoisotopic (exact) mass is 1630 g/mol. The number of carbonyl (C=O) groups excluding carboxylic acids is 4. The van der Waals surface area contributed by atoms with Crippen molar-refractivity contribution >= 4 is 175 Å². The largest absolute Gasteiger partial charge is 0.370 e. The van der Waals surface area contributed by atoms with Crippen molar-refractivity contribution in [1.29, 1.82) is 0 Å². The van der Waals surface area contributed by atoms with Crippen LogP contribution in [-0.4, -0.2) is 163 Å². The Labute approximate surface area is 523 Å². The summed E-state index contributed by atoms with van der Waals surface area (Å²) in [4.78, 5) is 87.6. The lowest BCUT2D eigenvalue weighted by Crippen LogP contribution is -2.78. The summed E-state index contributed by atoms with van der Waals surface area (Å²) in [5, 5.41) is 51.4. The normalized spacial score (nSPS) is 35.5. The highest BCUT2D eigenvalue weighted by atomic mass is 79.9. The van der Waals surface area contributed by atoms with Crippen molar-refractivity contribution in [3.05, 3.63) is 83.3 Å². The summed E-state index contributed by atoms with van der Waals surface area (Å²) in [6, 6.07) is 6.32. The second-order valence-corrected chi connectivity index (χ2v) is 27.2. The number of H-pyrrole nitrogens is 4. The van der Waals surface area contributed by atoms with Gasteiger partial charge >= 0.3 is 0 Å². The summed E-state index contributed by atoms with van der Waals surface area (Å²) in [6.45, 7) is -0.919. The third-order valence-electron chi connectivity index (χ3n) is 16.3. The van der Waals surface area contributed by atoms with Crippen LogP contribution in [0.25, 0.3) is 0 Å². The molecule has 22 N–H and O–H groups in total. The second kappa shape index (κ2) is 20.8. The summed E-state index contributed by atoms with van der Waals surface area (Å²) in [5.74, 6) is -9.17. The van der Waals surface area contributed by atoms with E-state index >= 15 is 0 Å². The van der Waals surface area contributed by atoms with E-state index < -0.39 is 119 Å². The smallest absolute Gasteiger partial charge is 0.267 e. The third kappa shape index (κ3) is 9.18. The molecule has 0 radical (unpaired) electrons. The molecule has 432 valence electrons. The standard InChI is InChI=1S/C44H46Br8N20O9/c45-13-1-17(61-25(13)49)29(73)57-5-9-11(7-59-31(75)19-3-15(47)27(51)63-19)23(41-21(9)43(77)35(67-39(55)71-43)80-33(41)65-37(53)69-41)79-24-12(8-60-32(76)20-4-16(48)28(52)64-20)10(6-58-30(74)18-2-14(46)26(50)62-18)22-42(24)34(66-38(54)70-42)81-36-44(22,78)72-40(56)68-36/h1-4,9-12,21-24,33-36,61-64,77-78H,5-8H2,(H,57,73)(H,58,74)(H,59,75)(H,60,76)(H3,53,65,69)(H3,54,66,70)(H3,55,67,71)(H3,56,68,72)/t9-,10-,11-,12-,21-,22+,23?,24+,33+,34?,35-,36-,41?,42+,43-,44-/m1/s1. The molecule has 12 rings (SSSR count). The average molecular weight is 1640 g/mol. The van der Waals surface area contributed by atoms with Gasteiger partial charge in [0.1, 0.15) is 33.9 Å². The average Bonchev–Trinajstić information content (AvgIpc) is 1.85. The molecule has 4 amide bonds. The number of aromatic amines is 4. The molecule has 2 aliphatic carbocycles. The third-order valence-corrected chi connectivity index (χ3v) is 23.4. The number of fused-ring (bicyclic) bond motifs is 4. The number of aliphatic imine (C=N–C) groups is 4. The quantitative estimate of drug-likeness (QED) is 0.0817. The van der Waals surface area contributed by atoms with Gasteiger partial charge in [-0.25, -0.2) is 20.0 Å². The van der Waals surface area contributed by atoms with Crippen molar-refractivity contribution in [3.8, 4) is 0 Å². The van der Waals surface area contributed by atoms with E-state index in [1.54, 1.807) is 24.3 Å². The first-order valence-corrected chi connectivity index (χ1v) is 30.9. The van der Waals surface area contributed by atoms with Crippen molar-refractivity contribution < 1.29 is 43.6 Å². The summed E-state index contributed by atoms with van der Waals surface area (Å²) in [5.41, 5.74) is 18.9. The number of guanidine groups is 4. The van der Waals surface area contributed by atoms with Gasteiger partial charge in [0, 0.05) is 49.9 Å². The Bertz CT molecular complexity index is 3150. The molecule has 4 aromatic rings. The van der Waals surface area contributed by atoms with Crippen LogP contribution in [-0.2, 0) is 14.2 Å². The number of hydrogen-bond donors (Lipinski definition) is 18. The van der Waals surface area contributed by atoms with E-state index in [1.807, 2.05) is 0 Å². The van der Waals surface area contributed by atoms with Crippen LogP contribution >= 0.6 is 127 Å². The predicted octanol–water partition coefficient (Wildman–Crippen LogP) is 0.488. The molecule has 0 bridgehead atoms. The van der Waals surface area contributed by atoms with Gasteiger partial charge < -0.3 is 110 Å². The highest BCUT2D eigenvalue weighted by molar-refractivity contribution is 9.14. The number of aliphatic hydroxyl groups is 2. The van der Waals surface area contributed by atoms with Crippen LogP contribution in [0.5, 0.6) is 0 Å². The summed E-state index contributed by atoms with van der Waals surface area (Å²) >= 11 is 27.4. The molecule has 2 saturated carbocycles. The molecule has 2 spiro atoms. The molecule has 2 saturated heterocycles. The lowest BCUT2D eigenvalue weighted by atomic mass is 9.70. The second-order valence-electron chi connectivity index (χ2n) is 20.6. The van der Waals surface area contributed by atoms with Crippen LogP contribution in [0.1, 0.15) is 42.0 Å². The fourth-order valence-electron chi connectivity index (χ4n) is 13.4. The molecule has 10 heterocycles. The van der Waals surface area contributed by atoms with Crippen molar-refractivity contribution in [2.75, 3.05) is 26.2 Å². The van der Waals surface area contributed by atoms with Crippen LogP contribution < -0.4 is 65.5 Å². The van der Waals surface area contributed by atoms with Gasteiger partial charge in [-0.3, -0.25) is 19.2 Å². The maximum absolute atomic E-state index is 14.4. The van der Waals surface area contributed by atoms with Crippen LogP contribution in [0.4, 0.5) is 0 Å². The lowest BCUT2D eigenvalue weighted by molar-refractivity contribution is -0.265. The van der Waals surface area contributed by atoms with Gasteiger partial charge in [-0.15, -0.1) is 0 Å². The molecular weight excluding hydrogens is 1590 g/mol. The number of nitrogens with zero attached hydrogens (tertiary/aromatic N) is 4. The summed E-state index contributed by atoms with van der Waals surface area (Å²) in [6.07, 6.45) is -8.21. The molecule has 6 aliphatic heterocycles. The zero-order valence-corrected chi connectivity index (χ0v) is 53.6. The molecule has 29 nitrogen and oxygen atoms in total. The minimum absolute atomic E-state index is 0.128. The molecule has 3 unspecified atom stereocenters. The highest BCUT2D eigenvalue weighted by Crippen LogP contribution is 2.63. The SMILES string of the molecule is NC1=N[C@H]2O[C@H]3N=C(N)N[C@@]3(O)[C@@H]3[C@H](CNC(=O)c4cc(Br)c(Br)[nH]4)[C@@H](CNC(=O)c4cc(Br)c(Br)[nH]4)C(O[C@H]4[C@H](CNC(=O)c5cc(Br)c(Br)[nH]5)[C@@H](CNC(=O)c5cc(Br)c(Br)[nH]5)[C@@H]5[C@]6(O)NC(N)=N[C@@H]6OC6N=C(N)N[C@@]654)C32N1. The van der Waals surface area contributed by atoms with E-state index in [4.69, 9.17) is 47.1 Å². The fraction of sp³-hybridized carbons (Fsp3) is 0.455. The Hall–Kier alpha value is -4.28. The minimum Gasteiger partial charge on any atom is -0.370 e. The van der Waals surface area contributed by atoms with E-state index in [-0.39, 0.29) is 72.8 Å². The first kappa shape index (κ1) is 57.2. The Morgan fingerprint density at radius 2 is 0.741 bits per heavy atom. The van der Waals surface area contributed by atoms with Gasteiger partial charge in [-0.05, 0) is 164 Å². The number of aromatic nitrogens is 4. The number of carbonyl (C=O) groups is 4. The lowest BCUT2D eigenvalue weighted by Gasteiger charge is -2.54. The van der Waals surface area contributed by atoms with Gasteiger partial charge in [-0.1, -0.05) is 0 Å². The molecule has 16 atom stereocenters. The Morgan fingerprint density at radius 1 is 0.469 bits per heavy atom. The summed E-state index contributed by atoms with van der Waals surface area (Å²) in [7, 11) is 0. The molecule has 81 heavy (non-hydrogen) atoms. The van der Waals surface area contributed by atoms with Crippen LogP contribution in [0, 0.1) is 35.5 Å². The summed E-state index contributed by atoms with van der Waals surface area (Å²) < 4.78 is 25.4. The zero-order chi connectivity index (χ0) is 57.6. The first-order chi connectivity index (χ1) is 38.4. The number of amides is 4. The van der Waals surface area contributed by atoms with E-state index in [0.717, 1.165) is 0 Å².